The quantitative estimate of drug-likeness (QED) is 0.656. The molecule has 1 rings (SSSR count). The summed E-state index contributed by atoms with van der Waals surface area (Å²) in [5.41, 5.74) is 0.775. The van der Waals surface area contributed by atoms with Gasteiger partial charge in [-0.1, -0.05) is 19.8 Å². The molecule has 13 heavy (non-hydrogen) atoms. The average Bonchev–Trinajstić information content (AvgIpc) is 2.15. The van der Waals surface area contributed by atoms with Crippen LogP contribution in [0.15, 0.2) is 18.3 Å². The van der Waals surface area contributed by atoms with Crippen LogP contribution in [-0.2, 0) is 0 Å². The lowest BCUT2D eigenvalue weighted by Crippen LogP contribution is -2.05. The van der Waals surface area contributed by atoms with E-state index in [2.05, 4.69) is 24.8 Å². The molecular formula is C11H13NO. The van der Waals surface area contributed by atoms with Gasteiger partial charge in [-0.25, -0.2) is 4.98 Å². The third-order valence-corrected chi connectivity index (χ3v) is 1.47. The van der Waals surface area contributed by atoms with Gasteiger partial charge < -0.3 is 4.74 Å². The highest BCUT2D eigenvalue weighted by Crippen LogP contribution is 2.07. The molecule has 0 saturated heterocycles. The lowest BCUT2D eigenvalue weighted by Gasteiger charge is -2.06. The Morgan fingerprint density at radius 3 is 2.77 bits per heavy atom. The summed E-state index contributed by atoms with van der Waals surface area (Å²) in [5, 5.41) is 0. The fraction of sp³-hybridized carbons (Fsp3) is 0.364. The Kier molecular flexibility index (Phi) is 3.33. The number of hydrogen-bond acceptors (Lipinski definition) is 2. The molecule has 0 bridgehead atoms. The molecule has 1 aromatic heterocycles. The molecule has 0 amide bonds. The molecule has 0 atom stereocenters. The zero-order valence-electron chi connectivity index (χ0n) is 7.95. The summed E-state index contributed by atoms with van der Waals surface area (Å²) in [6.45, 7) is 4.87. The van der Waals surface area contributed by atoms with Gasteiger partial charge in [0, 0.05) is 17.8 Å². The van der Waals surface area contributed by atoms with Crippen LogP contribution in [0.4, 0.5) is 0 Å². The fourth-order valence-electron chi connectivity index (χ4n) is 0.803. The Balaban J connectivity index is 2.55. The molecule has 1 aromatic rings. The molecule has 0 radical (unpaired) electrons. The molecule has 2 heteroatoms. The number of hydrogen-bond donors (Lipinski definition) is 0. The highest BCUT2D eigenvalue weighted by Gasteiger charge is 1.97. The maximum atomic E-state index is 5.39. The Morgan fingerprint density at radius 1 is 1.54 bits per heavy atom. The number of ether oxygens (including phenoxy) is 1. The largest absolute Gasteiger partial charge is 0.477 e. The van der Waals surface area contributed by atoms with Crippen LogP contribution in [0.3, 0.4) is 0 Å². The second-order valence-electron chi connectivity index (χ2n) is 3.23. The van der Waals surface area contributed by atoms with Crippen LogP contribution in [0.5, 0.6) is 5.88 Å². The molecule has 0 aromatic carbocycles. The zero-order chi connectivity index (χ0) is 9.68. The van der Waals surface area contributed by atoms with Crippen molar-refractivity contribution in [1.82, 2.24) is 4.98 Å². The van der Waals surface area contributed by atoms with Gasteiger partial charge in [0.05, 0.1) is 6.61 Å². The monoisotopic (exact) mass is 175 g/mol. The molecule has 0 saturated carbocycles. The summed E-state index contributed by atoms with van der Waals surface area (Å²) in [4.78, 5) is 4.06. The molecule has 68 valence electrons. The van der Waals surface area contributed by atoms with Crippen molar-refractivity contribution in [2.75, 3.05) is 6.61 Å². The summed E-state index contributed by atoms with van der Waals surface area (Å²) in [6.07, 6.45) is 6.83. The number of terminal acetylenes is 1. The van der Waals surface area contributed by atoms with Gasteiger partial charge in [-0.3, -0.25) is 0 Å². The second-order valence-corrected chi connectivity index (χ2v) is 3.23. The second kappa shape index (κ2) is 4.51. The van der Waals surface area contributed by atoms with Crippen LogP contribution in [-0.4, -0.2) is 11.6 Å². The Labute approximate surface area is 79.0 Å². The molecule has 0 aliphatic carbocycles. The van der Waals surface area contributed by atoms with Crippen molar-refractivity contribution >= 4 is 0 Å². The van der Waals surface area contributed by atoms with Crippen LogP contribution in [0, 0.1) is 18.3 Å². The van der Waals surface area contributed by atoms with E-state index in [1.165, 1.54) is 0 Å². The first kappa shape index (κ1) is 9.60. The number of rotatable bonds is 3. The van der Waals surface area contributed by atoms with Crippen LogP contribution in [0.25, 0.3) is 0 Å². The topological polar surface area (TPSA) is 22.1 Å². The van der Waals surface area contributed by atoms with E-state index in [1.807, 2.05) is 6.07 Å². The van der Waals surface area contributed by atoms with E-state index in [9.17, 15) is 0 Å². The first-order chi connectivity index (χ1) is 6.22. The summed E-state index contributed by atoms with van der Waals surface area (Å²) >= 11 is 0. The third-order valence-electron chi connectivity index (χ3n) is 1.47. The van der Waals surface area contributed by atoms with Gasteiger partial charge in [-0.15, -0.1) is 6.42 Å². The van der Waals surface area contributed by atoms with E-state index < -0.39 is 0 Å². The predicted octanol–water partition coefficient (Wildman–Crippen LogP) is 2.10. The van der Waals surface area contributed by atoms with Crippen molar-refractivity contribution in [2.45, 2.75) is 13.8 Å². The first-order valence-corrected chi connectivity index (χ1v) is 4.28. The highest BCUT2D eigenvalue weighted by atomic mass is 16.5. The number of nitrogens with zero attached hydrogens (tertiary/aromatic N) is 1. The molecule has 0 unspecified atom stereocenters. The van der Waals surface area contributed by atoms with Crippen molar-refractivity contribution in [1.29, 1.82) is 0 Å². The molecule has 0 spiro atoms. The number of pyridine rings is 1. The molecule has 0 fully saturated rings. The average molecular weight is 175 g/mol. The fourth-order valence-corrected chi connectivity index (χ4v) is 0.803. The van der Waals surface area contributed by atoms with Gasteiger partial charge in [0.2, 0.25) is 5.88 Å². The molecule has 0 N–H and O–H groups in total. The molecule has 1 heterocycles. The van der Waals surface area contributed by atoms with E-state index >= 15 is 0 Å². The van der Waals surface area contributed by atoms with E-state index in [-0.39, 0.29) is 0 Å². The van der Waals surface area contributed by atoms with E-state index in [1.54, 1.807) is 12.3 Å². The van der Waals surface area contributed by atoms with Gasteiger partial charge >= 0.3 is 0 Å². The highest BCUT2D eigenvalue weighted by molar-refractivity contribution is 5.31. The zero-order valence-corrected chi connectivity index (χ0v) is 7.95. The lowest BCUT2D eigenvalue weighted by atomic mass is 10.2. The number of aromatic nitrogens is 1. The summed E-state index contributed by atoms with van der Waals surface area (Å²) in [7, 11) is 0. The van der Waals surface area contributed by atoms with E-state index in [0.29, 0.717) is 18.4 Å². The maximum absolute atomic E-state index is 5.39. The molecule has 2 nitrogen and oxygen atoms in total. The third kappa shape index (κ3) is 3.16. The van der Waals surface area contributed by atoms with Crippen molar-refractivity contribution in [3.05, 3.63) is 23.9 Å². The molecule has 0 aliphatic rings. The predicted molar refractivity (Wildman–Crippen MR) is 52.5 cm³/mol. The van der Waals surface area contributed by atoms with Crippen LogP contribution < -0.4 is 4.74 Å². The Morgan fingerprint density at radius 2 is 2.31 bits per heavy atom. The van der Waals surface area contributed by atoms with Crippen molar-refractivity contribution in [3.63, 3.8) is 0 Å². The minimum atomic E-state index is 0.508. The van der Waals surface area contributed by atoms with Crippen molar-refractivity contribution in [2.24, 2.45) is 5.92 Å². The van der Waals surface area contributed by atoms with Crippen LogP contribution in [0.1, 0.15) is 19.4 Å². The summed E-state index contributed by atoms with van der Waals surface area (Å²) in [6, 6.07) is 3.61. The minimum Gasteiger partial charge on any atom is -0.477 e. The van der Waals surface area contributed by atoms with Crippen LogP contribution in [0.2, 0.25) is 0 Å². The Hall–Kier alpha value is -1.49. The summed E-state index contributed by atoms with van der Waals surface area (Å²) in [5.74, 6) is 3.64. The van der Waals surface area contributed by atoms with Crippen molar-refractivity contribution < 1.29 is 4.74 Å². The maximum Gasteiger partial charge on any atom is 0.213 e. The summed E-state index contributed by atoms with van der Waals surface area (Å²) < 4.78 is 5.39. The lowest BCUT2D eigenvalue weighted by molar-refractivity contribution is 0.261. The minimum absolute atomic E-state index is 0.508. The van der Waals surface area contributed by atoms with Crippen molar-refractivity contribution in [3.8, 4) is 18.2 Å². The standard InChI is InChI=1S/C11H13NO/c1-4-10-5-6-11(12-7-10)13-8-9(2)3/h1,5-7,9H,8H2,2-3H3. The van der Waals surface area contributed by atoms with E-state index in [4.69, 9.17) is 11.2 Å². The van der Waals surface area contributed by atoms with Gasteiger partial charge in [0.25, 0.3) is 0 Å². The first-order valence-electron chi connectivity index (χ1n) is 4.28. The SMILES string of the molecule is C#Cc1ccc(OCC(C)C)nc1. The van der Waals surface area contributed by atoms with Gasteiger partial charge in [-0.05, 0) is 12.0 Å². The van der Waals surface area contributed by atoms with Gasteiger partial charge in [0.15, 0.2) is 0 Å². The normalized spacial score (nSPS) is 9.69. The van der Waals surface area contributed by atoms with Gasteiger partial charge in [0.1, 0.15) is 0 Å². The van der Waals surface area contributed by atoms with E-state index in [0.717, 1.165) is 5.56 Å². The Bertz CT molecular complexity index is 295. The van der Waals surface area contributed by atoms with Crippen LogP contribution >= 0.6 is 0 Å². The van der Waals surface area contributed by atoms with Gasteiger partial charge in [-0.2, -0.15) is 0 Å². The smallest absolute Gasteiger partial charge is 0.213 e. The molecular weight excluding hydrogens is 162 g/mol. The molecule has 0 aliphatic heterocycles.